The molecule has 2 aromatic carbocycles. The molecule has 9 nitrogen and oxygen atoms in total. The summed E-state index contributed by atoms with van der Waals surface area (Å²) in [5.74, 6) is -0.584. The second kappa shape index (κ2) is 9.11. The third kappa shape index (κ3) is 3.73. The zero-order chi connectivity index (χ0) is 24.6. The molecule has 0 radical (unpaired) electrons. The lowest BCUT2D eigenvalue weighted by Gasteiger charge is -2.25. The number of rotatable bonds is 6. The highest BCUT2D eigenvalue weighted by atomic mass is 35.5. The van der Waals surface area contributed by atoms with Crippen LogP contribution in [0.15, 0.2) is 52.6 Å². The van der Waals surface area contributed by atoms with E-state index in [-0.39, 0.29) is 22.0 Å². The summed E-state index contributed by atoms with van der Waals surface area (Å²) in [6, 6.07) is 10.0. The smallest absolute Gasteiger partial charge is 0.301 e. The standard InChI is InChI=1S/C24H21ClN2O7/c1-12-10-18(26-34-12)27-20(14-6-5-7-17(32-3)23(14)33-4)19(22(29)24(27)30)21(28)13-8-9-16(31-2)15(25)11-13/h5-11,20,28H,1-4H3/b21-19+. The van der Waals surface area contributed by atoms with Crippen LogP contribution in [-0.4, -0.2) is 43.3 Å². The third-order valence-corrected chi connectivity index (χ3v) is 5.76. The number of para-hydroxylation sites is 1. The highest BCUT2D eigenvalue weighted by Gasteiger charge is 2.49. The van der Waals surface area contributed by atoms with Crippen molar-refractivity contribution in [3.05, 3.63) is 69.9 Å². The van der Waals surface area contributed by atoms with E-state index in [2.05, 4.69) is 5.16 Å². The fourth-order valence-corrected chi connectivity index (χ4v) is 4.18. The third-order valence-electron chi connectivity index (χ3n) is 5.46. The molecule has 1 aromatic heterocycles. The van der Waals surface area contributed by atoms with Crippen LogP contribution >= 0.6 is 11.6 Å². The average Bonchev–Trinajstić information content (AvgIpc) is 3.38. The number of amides is 1. The van der Waals surface area contributed by atoms with Gasteiger partial charge in [0, 0.05) is 17.2 Å². The largest absolute Gasteiger partial charge is 0.507 e. The number of carbonyl (C=O) groups is 2. The van der Waals surface area contributed by atoms with Gasteiger partial charge in [-0.15, -0.1) is 0 Å². The summed E-state index contributed by atoms with van der Waals surface area (Å²) in [6.45, 7) is 1.66. The van der Waals surface area contributed by atoms with Crippen LogP contribution in [0.3, 0.4) is 0 Å². The molecule has 1 aliphatic rings. The van der Waals surface area contributed by atoms with Crippen molar-refractivity contribution in [1.82, 2.24) is 5.16 Å². The number of anilines is 1. The van der Waals surface area contributed by atoms with Crippen molar-refractivity contribution < 1.29 is 33.4 Å². The van der Waals surface area contributed by atoms with Gasteiger partial charge in [-0.1, -0.05) is 28.9 Å². The van der Waals surface area contributed by atoms with Crippen LogP contribution in [-0.2, 0) is 9.59 Å². The van der Waals surface area contributed by atoms with E-state index in [9.17, 15) is 14.7 Å². The van der Waals surface area contributed by atoms with Crippen LogP contribution in [0.4, 0.5) is 5.82 Å². The molecule has 0 bridgehead atoms. The molecule has 0 saturated carbocycles. The Morgan fingerprint density at radius 3 is 2.38 bits per heavy atom. The van der Waals surface area contributed by atoms with Crippen molar-refractivity contribution in [3.8, 4) is 17.2 Å². The molecule has 10 heteroatoms. The maximum Gasteiger partial charge on any atom is 0.301 e. The maximum absolute atomic E-state index is 13.3. The number of benzene rings is 2. The lowest BCUT2D eigenvalue weighted by molar-refractivity contribution is -0.132. The van der Waals surface area contributed by atoms with Crippen LogP contribution in [0.25, 0.3) is 5.76 Å². The Labute approximate surface area is 200 Å². The van der Waals surface area contributed by atoms with E-state index in [4.69, 9.17) is 30.3 Å². The summed E-state index contributed by atoms with van der Waals surface area (Å²) in [7, 11) is 4.37. The van der Waals surface area contributed by atoms with Crippen molar-refractivity contribution in [1.29, 1.82) is 0 Å². The van der Waals surface area contributed by atoms with Gasteiger partial charge in [-0.05, 0) is 31.2 Å². The Hall–Kier alpha value is -3.98. The normalized spacial score (nSPS) is 17.2. The van der Waals surface area contributed by atoms with Gasteiger partial charge in [-0.2, -0.15) is 0 Å². The molecule has 1 aliphatic heterocycles. The molecule has 2 heterocycles. The van der Waals surface area contributed by atoms with Gasteiger partial charge in [0.05, 0.1) is 31.9 Å². The number of halogens is 1. The van der Waals surface area contributed by atoms with Gasteiger partial charge in [-0.3, -0.25) is 14.5 Å². The summed E-state index contributed by atoms with van der Waals surface area (Å²) in [5.41, 5.74) is 0.466. The van der Waals surface area contributed by atoms with E-state index in [1.165, 1.54) is 39.5 Å². The molecular weight excluding hydrogens is 464 g/mol. The summed E-state index contributed by atoms with van der Waals surface area (Å²) in [5, 5.41) is 15.4. The summed E-state index contributed by atoms with van der Waals surface area (Å²) < 4.78 is 21.3. The summed E-state index contributed by atoms with van der Waals surface area (Å²) >= 11 is 6.23. The van der Waals surface area contributed by atoms with Crippen LogP contribution in [0.1, 0.15) is 22.9 Å². The molecule has 1 unspecified atom stereocenters. The number of aryl methyl sites for hydroxylation is 1. The van der Waals surface area contributed by atoms with Crippen LogP contribution < -0.4 is 19.1 Å². The number of nitrogens with zero attached hydrogens (tertiary/aromatic N) is 2. The molecule has 1 N–H and O–H groups in total. The lowest BCUT2D eigenvalue weighted by atomic mass is 9.94. The van der Waals surface area contributed by atoms with E-state index in [1.807, 2.05) is 0 Å². The minimum Gasteiger partial charge on any atom is -0.507 e. The Kier molecular flexibility index (Phi) is 6.21. The first kappa shape index (κ1) is 23.2. The predicted molar refractivity (Wildman–Crippen MR) is 124 cm³/mol. The lowest BCUT2D eigenvalue weighted by Crippen LogP contribution is -2.30. The van der Waals surface area contributed by atoms with Gasteiger partial charge in [0.25, 0.3) is 5.78 Å². The number of ketones is 1. The Morgan fingerprint density at radius 1 is 1.06 bits per heavy atom. The van der Waals surface area contributed by atoms with Crippen molar-refractivity contribution >= 4 is 34.9 Å². The van der Waals surface area contributed by atoms with Crippen molar-refractivity contribution in [3.63, 3.8) is 0 Å². The fourth-order valence-electron chi connectivity index (χ4n) is 3.93. The summed E-state index contributed by atoms with van der Waals surface area (Å²) in [4.78, 5) is 27.6. The Bertz CT molecular complexity index is 1310. The second-order valence-corrected chi connectivity index (χ2v) is 7.80. The van der Waals surface area contributed by atoms with E-state index >= 15 is 0 Å². The number of methoxy groups -OCH3 is 3. The predicted octanol–water partition coefficient (Wildman–Crippen LogP) is 4.29. The molecular formula is C24H21ClN2O7. The number of Topliss-reactive ketones (excluding diaryl/α,β-unsaturated/α-hetero) is 1. The summed E-state index contributed by atoms with van der Waals surface area (Å²) in [6.07, 6.45) is 0. The molecule has 4 rings (SSSR count). The van der Waals surface area contributed by atoms with Crippen LogP contribution in [0.2, 0.25) is 5.02 Å². The number of hydrogen-bond donors (Lipinski definition) is 1. The zero-order valence-corrected chi connectivity index (χ0v) is 19.5. The van der Waals surface area contributed by atoms with Crippen molar-refractivity contribution in [2.75, 3.05) is 26.2 Å². The minimum absolute atomic E-state index is 0.112. The molecule has 0 spiro atoms. The van der Waals surface area contributed by atoms with Gasteiger partial charge in [-0.25, -0.2) is 0 Å². The minimum atomic E-state index is -1.09. The molecule has 0 aliphatic carbocycles. The first-order valence-electron chi connectivity index (χ1n) is 10.1. The zero-order valence-electron chi connectivity index (χ0n) is 18.8. The molecule has 1 fully saturated rings. The first-order valence-corrected chi connectivity index (χ1v) is 10.5. The molecule has 1 amide bonds. The number of hydrogen-bond acceptors (Lipinski definition) is 8. The fraction of sp³-hybridized carbons (Fsp3) is 0.208. The van der Waals surface area contributed by atoms with Gasteiger partial charge in [0.2, 0.25) is 0 Å². The molecule has 176 valence electrons. The monoisotopic (exact) mass is 484 g/mol. The number of ether oxygens (including phenoxy) is 3. The van der Waals surface area contributed by atoms with Gasteiger partial charge in [0.1, 0.15) is 23.3 Å². The number of aliphatic hydroxyl groups is 1. The van der Waals surface area contributed by atoms with Gasteiger partial charge in [0.15, 0.2) is 17.3 Å². The quantitative estimate of drug-likeness (QED) is 0.313. The van der Waals surface area contributed by atoms with Crippen LogP contribution in [0, 0.1) is 6.92 Å². The van der Waals surface area contributed by atoms with Crippen molar-refractivity contribution in [2.45, 2.75) is 13.0 Å². The van der Waals surface area contributed by atoms with E-state index in [0.29, 0.717) is 28.6 Å². The highest BCUT2D eigenvalue weighted by Crippen LogP contribution is 2.47. The second-order valence-electron chi connectivity index (χ2n) is 7.40. The Balaban J connectivity index is 2.00. The highest BCUT2D eigenvalue weighted by molar-refractivity contribution is 6.51. The van der Waals surface area contributed by atoms with E-state index in [0.717, 1.165) is 4.90 Å². The van der Waals surface area contributed by atoms with Gasteiger partial charge < -0.3 is 23.8 Å². The first-order chi connectivity index (χ1) is 16.3. The Morgan fingerprint density at radius 2 is 1.79 bits per heavy atom. The average molecular weight is 485 g/mol. The topological polar surface area (TPSA) is 111 Å². The van der Waals surface area contributed by atoms with E-state index < -0.39 is 23.5 Å². The van der Waals surface area contributed by atoms with E-state index in [1.54, 1.807) is 31.2 Å². The van der Waals surface area contributed by atoms with Crippen LogP contribution in [0.5, 0.6) is 17.2 Å². The number of aliphatic hydroxyl groups excluding tert-OH is 1. The SMILES string of the molecule is COc1ccc(/C(O)=C2\C(=O)C(=O)N(c3cc(C)on3)C2c2cccc(OC)c2OC)cc1Cl. The maximum atomic E-state index is 13.3. The van der Waals surface area contributed by atoms with Crippen molar-refractivity contribution in [2.24, 2.45) is 0 Å². The van der Waals surface area contributed by atoms with Gasteiger partial charge >= 0.3 is 5.91 Å². The molecule has 1 saturated heterocycles. The number of aromatic nitrogens is 1. The molecule has 1 atom stereocenters. The molecule has 3 aromatic rings. The molecule has 34 heavy (non-hydrogen) atoms. The number of carbonyl (C=O) groups excluding carboxylic acids is 2.